The lowest BCUT2D eigenvalue weighted by Crippen LogP contribution is -2.76. The van der Waals surface area contributed by atoms with Crippen LogP contribution >= 0.6 is 11.6 Å². The van der Waals surface area contributed by atoms with E-state index in [1.165, 1.54) is 13.8 Å². The fourth-order valence-corrected chi connectivity index (χ4v) is 7.65. The maximum absolute atomic E-state index is 12.8. The van der Waals surface area contributed by atoms with E-state index in [2.05, 4.69) is 6.58 Å². The van der Waals surface area contributed by atoms with Crippen LogP contribution in [0.4, 0.5) is 0 Å². The van der Waals surface area contributed by atoms with Gasteiger partial charge in [-0.3, -0.25) is 14.4 Å². The molecule has 1 aliphatic carbocycles. The number of hydrogen-bond acceptors (Lipinski definition) is 10. The van der Waals surface area contributed by atoms with Gasteiger partial charge in [0.15, 0.2) is 11.9 Å². The number of halogens is 1. The monoisotopic (exact) mass is 514 g/mol. The Morgan fingerprint density at radius 2 is 1.77 bits per heavy atom. The summed E-state index contributed by atoms with van der Waals surface area (Å²) in [6.45, 7) is 11.5. The second kappa shape index (κ2) is 7.41. The summed E-state index contributed by atoms with van der Waals surface area (Å²) in [7, 11) is 0. The van der Waals surface area contributed by atoms with Gasteiger partial charge in [-0.25, -0.2) is 0 Å². The summed E-state index contributed by atoms with van der Waals surface area (Å²) in [6, 6.07) is 0. The van der Waals surface area contributed by atoms with Crippen LogP contribution in [-0.2, 0) is 38.1 Å². The fraction of sp³-hybridized carbons (Fsp3) is 0.792. The van der Waals surface area contributed by atoms with E-state index in [1.54, 1.807) is 13.8 Å². The first-order valence-electron chi connectivity index (χ1n) is 11.8. The maximum Gasteiger partial charge on any atom is 0.312 e. The van der Waals surface area contributed by atoms with Gasteiger partial charge in [0, 0.05) is 38.2 Å². The summed E-state index contributed by atoms with van der Waals surface area (Å²) >= 11 is 6.68. The summed E-state index contributed by atoms with van der Waals surface area (Å²) in [5.74, 6) is -5.87. The first kappa shape index (κ1) is 25.0. The summed E-state index contributed by atoms with van der Waals surface area (Å²) in [5.41, 5.74) is -3.91. The molecule has 0 aromatic rings. The van der Waals surface area contributed by atoms with Crippen molar-refractivity contribution in [3.63, 3.8) is 0 Å². The molecule has 35 heavy (non-hydrogen) atoms. The van der Waals surface area contributed by atoms with Gasteiger partial charge in [0.2, 0.25) is 0 Å². The lowest BCUT2D eigenvalue weighted by atomic mass is 9.51. The smallest absolute Gasteiger partial charge is 0.312 e. The van der Waals surface area contributed by atoms with Crippen LogP contribution in [0.3, 0.4) is 0 Å². The van der Waals surface area contributed by atoms with Crippen LogP contribution in [0.2, 0.25) is 0 Å². The molecular weight excluding hydrogens is 484 g/mol. The Bertz CT molecular complexity index is 1020. The van der Waals surface area contributed by atoms with E-state index < -0.39 is 81.9 Å². The number of carbonyl (C=O) groups excluding carboxylic acids is 3. The summed E-state index contributed by atoms with van der Waals surface area (Å²) < 4.78 is 29.4. The van der Waals surface area contributed by atoms with Gasteiger partial charge in [0.1, 0.15) is 17.8 Å². The molecule has 4 saturated heterocycles. The van der Waals surface area contributed by atoms with Crippen molar-refractivity contribution in [2.24, 2.45) is 17.3 Å². The molecule has 0 amide bonds. The topological polar surface area (TPSA) is 141 Å². The second-order valence-corrected chi connectivity index (χ2v) is 11.4. The van der Waals surface area contributed by atoms with E-state index in [0.29, 0.717) is 6.42 Å². The summed E-state index contributed by atoms with van der Waals surface area (Å²) in [4.78, 5) is 37.2. The highest BCUT2D eigenvalue weighted by atomic mass is 35.5. The zero-order chi connectivity index (χ0) is 25.9. The number of hydrogen-bond donors (Lipinski definition) is 2. The summed E-state index contributed by atoms with van der Waals surface area (Å²) in [5, 5.41) is 22.9. The Labute approximate surface area is 207 Å². The third-order valence-corrected chi connectivity index (χ3v) is 9.59. The van der Waals surface area contributed by atoms with Gasteiger partial charge in [-0.1, -0.05) is 13.5 Å². The van der Waals surface area contributed by atoms with E-state index in [4.69, 9.17) is 35.3 Å². The molecular formula is C24H31ClO10. The van der Waals surface area contributed by atoms with Crippen LogP contribution in [0.1, 0.15) is 47.5 Å². The number of rotatable bonds is 2. The van der Waals surface area contributed by atoms with Gasteiger partial charge in [0.05, 0.1) is 34.5 Å². The van der Waals surface area contributed by atoms with Crippen LogP contribution in [0.25, 0.3) is 0 Å². The molecule has 12 atom stereocenters. The average Bonchev–Trinajstić information content (AvgIpc) is 3.33. The first-order chi connectivity index (χ1) is 16.1. The van der Waals surface area contributed by atoms with Crippen LogP contribution in [0, 0.1) is 17.3 Å². The molecule has 1 saturated carbocycles. The molecule has 194 valence electrons. The van der Waals surface area contributed by atoms with Crippen molar-refractivity contribution in [2.75, 3.05) is 0 Å². The normalized spacial score (nSPS) is 54.3. The predicted molar refractivity (Wildman–Crippen MR) is 118 cm³/mol. The molecule has 5 aliphatic rings. The highest BCUT2D eigenvalue weighted by molar-refractivity contribution is 6.23. The molecule has 11 heteroatoms. The highest BCUT2D eigenvalue weighted by Gasteiger charge is 2.81. The van der Waals surface area contributed by atoms with Gasteiger partial charge < -0.3 is 33.9 Å². The zero-order valence-electron chi connectivity index (χ0n) is 20.3. The maximum atomic E-state index is 12.8. The lowest BCUT2D eigenvalue weighted by molar-refractivity contribution is -0.349. The van der Waals surface area contributed by atoms with Crippen LogP contribution < -0.4 is 0 Å². The molecule has 2 N–H and O–H groups in total. The predicted octanol–water partition coefficient (Wildman–Crippen LogP) is 0.981. The Hall–Kier alpha value is -1.72. The Kier molecular flexibility index (Phi) is 5.28. The number of esters is 3. The van der Waals surface area contributed by atoms with Crippen molar-refractivity contribution in [1.82, 2.24) is 0 Å². The molecule has 10 nitrogen and oxygen atoms in total. The molecule has 0 aromatic heterocycles. The third kappa shape index (κ3) is 3.06. The Balaban J connectivity index is 1.76. The molecule has 4 heterocycles. The number of alkyl halides is 1. The number of carbonyl (C=O) groups is 3. The van der Waals surface area contributed by atoms with Crippen molar-refractivity contribution in [2.45, 2.75) is 100 Å². The summed E-state index contributed by atoms with van der Waals surface area (Å²) in [6.07, 6.45) is -4.95. The fourth-order valence-electron chi connectivity index (χ4n) is 7.23. The number of aliphatic hydroxyl groups excluding tert-OH is 1. The third-order valence-electron chi connectivity index (χ3n) is 9.10. The minimum Gasteiger partial charge on any atom is -0.462 e. The number of fused-ring (bicyclic) bond motifs is 4. The molecule has 4 aliphatic heterocycles. The van der Waals surface area contributed by atoms with Crippen molar-refractivity contribution < 1.29 is 48.3 Å². The van der Waals surface area contributed by atoms with Crippen LogP contribution in [0.5, 0.6) is 0 Å². The van der Waals surface area contributed by atoms with Gasteiger partial charge in [-0.05, 0) is 13.8 Å². The van der Waals surface area contributed by atoms with Crippen LogP contribution in [-0.4, -0.2) is 81.0 Å². The quantitative estimate of drug-likeness (QED) is 0.180. The largest absolute Gasteiger partial charge is 0.462 e. The molecule has 5 fully saturated rings. The van der Waals surface area contributed by atoms with Gasteiger partial charge in [-0.2, -0.15) is 0 Å². The molecule has 12 unspecified atom stereocenters. The van der Waals surface area contributed by atoms with E-state index in [1.807, 2.05) is 6.92 Å². The standard InChI is InChI=1S/C24H31ClO10/c1-9-16(25)19-24(10(2)20(29)33-19)18(28)17-21(5,15(32-12(4)27)8-23(9,30)35-24)13(31-11(3)26)7-14-22(17,6)34-14/h10,13-19,28,30H,1,7-8H2,2-6H3. The number of aliphatic hydroxyl groups is 2. The first-order valence-corrected chi connectivity index (χ1v) is 12.2. The molecule has 1 spiro atoms. The Morgan fingerprint density at radius 1 is 1.17 bits per heavy atom. The molecule has 0 aromatic carbocycles. The zero-order valence-corrected chi connectivity index (χ0v) is 21.0. The highest BCUT2D eigenvalue weighted by Crippen LogP contribution is 2.67. The van der Waals surface area contributed by atoms with Crippen molar-refractivity contribution >= 4 is 29.5 Å². The molecule has 5 rings (SSSR count). The van der Waals surface area contributed by atoms with Gasteiger partial charge >= 0.3 is 17.9 Å². The van der Waals surface area contributed by atoms with Gasteiger partial charge in [0.25, 0.3) is 0 Å². The van der Waals surface area contributed by atoms with E-state index in [0.717, 1.165) is 0 Å². The average molecular weight is 515 g/mol. The lowest BCUT2D eigenvalue weighted by Gasteiger charge is -2.61. The van der Waals surface area contributed by atoms with Crippen molar-refractivity contribution in [3.05, 3.63) is 12.2 Å². The molecule has 0 radical (unpaired) electrons. The van der Waals surface area contributed by atoms with E-state index >= 15 is 0 Å². The van der Waals surface area contributed by atoms with Crippen LogP contribution in [0.15, 0.2) is 12.2 Å². The van der Waals surface area contributed by atoms with Gasteiger partial charge in [-0.15, -0.1) is 11.6 Å². The van der Waals surface area contributed by atoms with E-state index in [9.17, 15) is 24.6 Å². The van der Waals surface area contributed by atoms with E-state index in [-0.39, 0.29) is 18.1 Å². The van der Waals surface area contributed by atoms with Crippen molar-refractivity contribution in [3.8, 4) is 0 Å². The number of epoxide rings is 1. The minimum absolute atomic E-state index is 0.0136. The minimum atomic E-state index is -2.18. The van der Waals surface area contributed by atoms with Crippen molar-refractivity contribution in [1.29, 1.82) is 0 Å². The number of ether oxygens (including phenoxy) is 5. The Morgan fingerprint density at radius 3 is 2.37 bits per heavy atom. The molecule has 2 bridgehead atoms. The SMILES string of the molecule is C=C1C(Cl)C2OC(=O)C(C)C23OC1(O)CC(OC(C)=O)C1(C)C(OC(C)=O)CC2OC2(C)C1C3O. The second-order valence-electron chi connectivity index (χ2n) is 11.0.